The molecule has 0 atom stereocenters. The average molecular weight is 278 g/mol. The molecular formula is C13H10O7. The molecule has 0 spiro atoms. The van der Waals surface area contributed by atoms with Crippen LogP contribution in [0.25, 0.3) is 0 Å². The second kappa shape index (κ2) is 4.54. The van der Waals surface area contributed by atoms with Gasteiger partial charge in [-0.05, 0) is 12.1 Å². The summed E-state index contributed by atoms with van der Waals surface area (Å²) in [6.45, 7) is 0. The molecular weight excluding hydrogens is 268 g/mol. The van der Waals surface area contributed by atoms with E-state index < -0.39 is 51.4 Å². The number of benzene rings is 2. The maximum Gasteiger partial charge on any atom is 0.204 e. The van der Waals surface area contributed by atoms with Gasteiger partial charge < -0.3 is 30.6 Å². The van der Waals surface area contributed by atoms with Gasteiger partial charge >= 0.3 is 0 Å². The van der Waals surface area contributed by atoms with Gasteiger partial charge in [-0.15, -0.1) is 0 Å². The molecule has 0 heterocycles. The van der Waals surface area contributed by atoms with E-state index in [4.69, 9.17) is 10.2 Å². The van der Waals surface area contributed by atoms with Crippen LogP contribution >= 0.6 is 0 Å². The molecule has 0 aliphatic carbocycles. The van der Waals surface area contributed by atoms with Crippen molar-refractivity contribution < 1.29 is 35.4 Å². The number of carbonyl (C=O) groups excluding carboxylic acids is 1. The van der Waals surface area contributed by atoms with Crippen molar-refractivity contribution in [2.75, 3.05) is 0 Å². The number of carbonyl (C=O) groups is 1. The Labute approximate surface area is 112 Å². The highest BCUT2D eigenvalue weighted by atomic mass is 16.3. The van der Waals surface area contributed by atoms with Crippen LogP contribution in [0.4, 0.5) is 0 Å². The predicted molar refractivity (Wildman–Crippen MR) is 66.3 cm³/mol. The number of rotatable bonds is 2. The molecule has 7 heteroatoms. The molecule has 0 aromatic heterocycles. The molecule has 0 amide bonds. The topological polar surface area (TPSA) is 138 Å². The van der Waals surface area contributed by atoms with E-state index in [0.717, 1.165) is 24.3 Å². The third-order valence-corrected chi connectivity index (χ3v) is 2.68. The summed E-state index contributed by atoms with van der Waals surface area (Å²) in [5, 5.41) is 56.4. The lowest BCUT2D eigenvalue weighted by Gasteiger charge is -2.10. The number of phenols is 6. The molecule has 2 aromatic rings. The van der Waals surface area contributed by atoms with Gasteiger partial charge in [0.15, 0.2) is 11.5 Å². The van der Waals surface area contributed by atoms with Crippen molar-refractivity contribution in [3.63, 3.8) is 0 Å². The third-order valence-electron chi connectivity index (χ3n) is 2.68. The molecule has 0 unspecified atom stereocenters. The summed E-state index contributed by atoms with van der Waals surface area (Å²) in [5.41, 5.74) is -0.986. The van der Waals surface area contributed by atoms with E-state index in [-0.39, 0.29) is 0 Å². The van der Waals surface area contributed by atoms with Gasteiger partial charge in [-0.25, -0.2) is 0 Å². The SMILES string of the molecule is O=C(c1ccc(O)c(O)c1O)c1c(O)cc(O)cc1O. The molecule has 0 bridgehead atoms. The summed E-state index contributed by atoms with van der Waals surface area (Å²) in [6, 6.07) is 3.66. The van der Waals surface area contributed by atoms with E-state index in [1.165, 1.54) is 0 Å². The minimum atomic E-state index is -0.993. The second-order valence-corrected chi connectivity index (χ2v) is 4.02. The van der Waals surface area contributed by atoms with Crippen LogP contribution in [-0.2, 0) is 0 Å². The van der Waals surface area contributed by atoms with Gasteiger partial charge in [0.1, 0.15) is 22.8 Å². The van der Waals surface area contributed by atoms with E-state index in [1.807, 2.05) is 0 Å². The van der Waals surface area contributed by atoms with E-state index >= 15 is 0 Å². The number of ketones is 1. The lowest BCUT2D eigenvalue weighted by molar-refractivity contribution is 0.103. The van der Waals surface area contributed by atoms with Crippen LogP contribution in [0.5, 0.6) is 34.5 Å². The van der Waals surface area contributed by atoms with Gasteiger partial charge in [-0.2, -0.15) is 0 Å². The largest absolute Gasteiger partial charge is 0.508 e. The standard InChI is InChI=1S/C13H10O7/c14-5-3-8(16)10(9(17)4-5)11(18)6-1-2-7(15)13(20)12(6)19/h1-4,14-17,19-20H. The molecule has 6 N–H and O–H groups in total. The van der Waals surface area contributed by atoms with Crippen LogP contribution in [-0.4, -0.2) is 36.4 Å². The monoisotopic (exact) mass is 278 g/mol. The van der Waals surface area contributed by atoms with E-state index in [2.05, 4.69) is 0 Å². The summed E-state index contributed by atoms with van der Waals surface area (Å²) in [5.74, 6) is -5.24. The zero-order valence-electron chi connectivity index (χ0n) is 9.90. The molecule has 0 radical (unpaired) electrons. The van der Waals surface area contributed by atoms with Crippen molar-refractivity contribution in [3.8, 4) is 34.5 Å². The van der Waals surface area contributed by atoms with Crippen LogP contribution in [0, 0.1) is 0 Å². The molecule has 2 rings (SSSR count). The normalized spacial score (nSPS) is 10.4. The number of hydrogen-bond donors (Lipinski definition) is 6. The molecule has 0 aliphatic heterocycles. The highest BCUT2D eigenvalue weighted by Crippen LogP contribution is 2.40. The summed E-state index contributed by atoms with van der Waals surface area (Å²) in [4.78, 5) is 12.1. The minimum absolute atomic E-state index is 0.434. The zero-order chi connectivity index (χ0) is 15.0. The van der Waals surface area contributed by atoms with Crippen molar-refractivity contribution in [1.29, 1.82) is 0 Å². The molecule has 2 aromatic carbocycles. The highest BCUT2D eigenvalue weighted by molar-refractivity contribution is 6.14. The Balaban J connectivity index is 2.61. The first-order valence-electron chi connectivity index (χ1n) is 5.36. The first-order valence-corrected chi connectivity index (χ1v) is 5.36. The Bertz CT molecular complexity index is 683. The molecule has 7 nitrogen and oxygen atoms in total. The third kappa shape index (κ3) is 2.01. The lowest BCUT2D eigenvalue weighted by atomic mass is 9.99. The highest BCUT2D eigenvalue weighted by Gasteiger charge is 2.24. The zero-order valence-corrected chi connectivity index (χ0v) is 9.90. The first-order chi connectivity index (χ1) is 9.32. The van der Waals surface area contributed by atoms with Crippen LogP contribution < -0.4 is 0 Å². The van der Waals surface area contributed by atoms with Crippen LogP contribution in [0.15, 0.2) is 24.3 Å². The fraction of sp³-hybridized carbons (Fsp3) is 0. The predicted octanol–water partition coefficient (Wildman–Crippen LogP) is 1.15. The van der Waals surface area contributed by atoms with E-state index in [0.29, 0.717) is 0 Å². The van der Waals surface area contributed by atoms with Crippen LogP contribution in [0.3, 0.4) is 0 Å². The van der Waals surface area contributed by atoms with Gasteiger partial charge in [0.25, 0.3) is 0 Å². The molecule has 0 saturated heterocycles. The Morgan fingerprint density at radius 2 is 1.30 bits per heavy atom. The summed E-state index contributed by atoms with van der Waals surface area (Å²) in [7, 11) is 0. The lowest BCUT2D eigenvalue weighted by Crippen LogP contribution is -2.03. The van der Waals surface area contributed by atoms with Crippen LogP contribution in [0.2, 0.25) is 0 Å². The number of hydrogen-bond acceptors (Lipinski definition) is 7. The Morgan fingerprint density at radius 3 is 1.85 bits per heavy atom. The maximum atomic E-state index is 12.1. The van der Waals surface area contributed by atoms with Gasteiger partial charge in [0, 0.05) is 12.1 Å². The van der Waals surface area contributed by atoms with Crippen molar-refractivity contribution in [2.45, 2.75) is 0 Å². The smallest absolute Gasteiger partial charge is 0.204 e. The quantitative estimate of drug-likeness (QED) is 0.358. The Hall–Kier alpha value is -3.09. The first kappa shape index (κ1) is 13.3. The summed E-state index contributed by atoms with van der Waals surface area (Å²) in [6.07, 6.45) is 0. The number of aromatic hydroxyl groups is 6. The Morgan fingerprint density at radius 1 is 0.750 bits per heavy atom. The Kier molecular flexibility index (Phi) is 3.03. The minimum Gasteiger partial charge on any atom is -0.508 e. The van der Waals surface area contributed by atoms with Gasteiger partial charge in [-0.1, -0.05) is 0 Å². The van der Waals surface area contributed by atoms with Crippen molar-refractivity contribution in [3.05, 3.63) is 35.4 Å². The fourth-order valence-electron chi connectivity index (χ4n) is 1.72. The number of phenolic OH excluding ortho intramolecular Hbond substituents is 6. The maximum absolute atomic E-state index is 12.1. The van der Waals surface area contributed by atoms with Gasteiger partial charge in [0.05, 0.1) is 5.56 Å². The molecule has 0 saturated carbocycles. The second-order valence-electron chi connectivity index (χ2n) is 4.02. The van der Waals surface area contributed by atoms with E-state index in [1.54, 1.807) is 0 Å². The fourth-order valence-corrected chi connectivity index (χ4v) is 1.72. The van der Waals surface area contributed by atoms with Crippen molar-refractivity contribution >= 4 is 5.78 Å². The molecule has 20 heavy (non-hydrogen) atoms. The van der Waals surface area contributed by atoms with E-state index in [9.17, 15) is 25.2 Å². The van der Waals surface area contributed by atoms with Crippen LogP contribution in [0.1, 0.15) is 15.9 Å². The van der Waals surface area contributed by atoms with Gasteiger partial charge in [0.2, 0.25) is 11.5 Å². The van der Waals surface area contributed by atoms with Crippen molar-refractivity contribution in [1.82, 2.24) is 0 Å². The summed E-state index contributed by atoms with van der Waals surface area (Å²) < 4.78 is 0. The molecule has 104 valence electrons. The molecule has 0 fully saturated rings. The average Bonchev–Trinajstić information content (AvgIpc) is 2.34. The summed E-state index contributed by atoms with van der Waals surface area (Å²) >= 11 is 0. The van der Waals surface area contributed by atoms with Gasteiger partial charge in [-0.3, -0.25) is 4.79 Å². The molecule has 0 aliphatic rings. The van der Waals surface area contributed by atoms with Crippen molar-refractivity contribution in [2.24, 2.45) is 0 Å².